The Hall–Kier alpha value is -2.61. The van der Waals surface area contributed by atoms with Gasteiger partial charge >= 0.3 is 0 Å². The molecule has 0 saturated carbocycles. The Morgan fingerprint density at radius 1 is 0.905 bits per heavy atom. The Bertz CT molecular complexity index is 792. The number of nitrogens with one attached hydrogen (secondary N) is 1. The molecule has 3 aromatic carbocycles. The molecule has 1 N–H and O–H groups in total. The number of anilines is 1. The lowest BCUT2D eigenvalue weighted by molar-refractivity contribution is -0.115. The van der Waals surface area contributed by atoms with Crippen molar-refractivity contribution >= 4 is 22.4 Å². The summed E-state index contributed by atoms with van der Waals surface area (Å²) in [4.78, 5) is 12.1. The van der Waals surface area contributed by atoms with Crippen molar-refractivity contribution in [1.82, 2.24) is 0 Å². The third kappa shape index (κ3) is 3.29. The molecule has 0 aliphatic carbocycles. The number of amides is 1. The lowest BCUT2D eigenvalue weighted by Gasteiger charge is -2.07. The van der Waals surface area contributed by atoms with E-state index < -0.39 is 0 Å². The largest absolute Gasteiger partial charge is 0.326 e. The van der Waals surface area contributed by atoms with Crippen LogP contribution in [0.4, 0.5) is 5.69 Å². The van der Waals surface area contributed by atoms with Gasteiger partial charge in [-0.3, -0.25) is 4.79 Å². The van der Waals surface area contributed by atoms with Crippen LogP contribution in [0.1, 0.15) is 11.1 Å². The standard InChI is InChI=1S/C19H17NO/c1-14-5-4-8-18(11-14)20-19(21)13-15-9-10-16-6-2-3-7-17(16)12-15/h2-12H,13H2,1H3,(H,20,21). The van der Waals surface area contributed by atoms with Gasteiger partial charge in [-0.1, -0.05) is 54.6 Å². The summed E-state index contributed by atoms with van der Waals surface area (Å²) < 4.78 is 0. The van der Waals surface area contributed by atoms with Crippen molar-refractivity contribution in [2.24, 2.45) is 0 Å². The van der Waals surface area contributed by atoms with Gasteiger partial charge in [-0.2, -0.15) is 0 Å². The first-order valence-corrected chi connectivity index (χ1v) is 7.05. The molecule has 104 valence electrons. The molecule has 0 aromatic heterocycles. The van der Waals surface area contributed by atoms with Gasteiger partial charge in [0.15, 0.2) is 0 Å². The summed E-state index contributed by atoms with van der Waals surface area (Å²) in [6, 6.07) is 22.2. The van der Waals surface area contributed by atoms with Crippen LogP contribution in [0.5, 0.6) is 0 Å². The Kier molecular flexibility index (Phi) is 3.69. The van der Waals surface area contributed by atoms with Crippen molar-refractivity contribution in [3.8, 4) is 0 Å². The van der Waals surface area contributed by atoms with E-state index in [1.54, 1.807) is 0 Å². The van der Waals surface area contributed by atoms with E-state index in [0.717, 1.165) is 16.8 Å². The van der Waals surface area contributed by atoms with Gasteiger partial charge in [-0.25, -0.2) is 0 Å². The smallest absolute Gasteiger partial charge is 0.228 e. The maximum atomic E-state index is 12.1. The van der Waals surface area contributed by atoms with Gasteiger partial charge < -0.3 is 5.32 Å². The van der Waals surface area contributed by atoms with Crippen molar-refractivity contribution in [2.45, 2.75) is 13.3 Å². The van der Waals surface area contributed by atoms with E-state index in [4.69, 9.17) is 0 Å². The predicted octanol–water partition coefficient (Wildman–Crippen LogP) is 4.33. The molecule has 0 radical (unpaired) electrons. The molecular formula is C19H17NO. The summed E-state index contributed by atoms with van der Waals surface area (Å²) in [5.74, 6) is 0.0101. The SMILES string of the molecule is Cc1cccc(NC(=O)Cc2ccc3ccccc3c2)c1. The van der Waals surface area contributed by atoms with Gasteiger partial charge in [0.25, 0.3) is 0 Å². The minimum absolute atomic E-state index is 0.0101. The Morgan fingerprint density at radius 3 is 2.52 bits per heavy atom. The van der Waals surface area contributed by atoms with Crippen LogP contribution in [0, 0.1) is 6.92 Å². The second-order valence-corrected chi connectivity index (χ2v) is 5.28. The molecule has 0 spiro atoms. The first kappa shape index (κ1) is 13.4. The zero-order chi connectivity index (χ0) is 14.7. The second-order valence-electron chi connectivity index (χ2n) is 5.28. The van der Waals surface area contributed by atoms with Crippen LogP contribution < -0.4 is 5.32 Å². The van der Waals surface area contributed by atoms with Crippen LogP contribution in [0.15, 0.2) is 66.7 Å². The molecule has 0 unspecified atom stereocenters. The molecule has 0 fully saturated rings. The number of hydrogen-bond acceptors (Lipinski definition) is 1. The maximum absolute atomic E-state index is 12.1. The first-order chi connectivity index (χ1) is 10.2. The maximum Gasteiger partial charge on any atom is 0.228 e. The lowest BCUT2D eigenvalue weighted by atomic mass is 10.0. The van der Waals surface area contributed by atoms with Crippen molar-refractivity contribution in [1.29, 1.82) is 0 Å². The molecule has 2 nitrogen and oxygen atoms in total. The summed E-state index contributed by atoms with van der Waals surface area (Å²) in [5, 5.41) is 5.30. The fourth-order valence-electron chi connectivity index (χ4n) is 2.46. The zero-order valence-corrected chi connectivity index (χ0v) is 12.0. The molecule has 21 heavy (non-hydrogen) atoms. The van der Waals surface area contributed by atoms with E-state index in [1.165, 1.54) is 10.8 Å². The molecule has 2 heteroatoms. The monoisotopic (exact) mass is 275 g/mol. The van der Waals surface area contributed by atoms with Crippen LogP contribution >= 0.6 is 0 Å². The second kappa shape index (κ2) is 5.80. The normalized spacial score (nSPS) is 10.5. The number of hydrogen-bond donors (Lipinski definition) is 1. The van der Waals surface area contributed by atoms with Crippen LogP contribution in [0.2, 0.25) is 0 Å². The number of carbonyl (C=O) groups excluding carboxylic acids is 1. The highest BCUT2D eigenvalue weighted by atomic mass is 16.1. The van der Waals surface area contributed by atoms with Crippen LogP contribution in [-0.2, 0) is 11.2 Å². The highest BCUT2D eigenvalue weighted by molar-refractivity contribution is 5.93. The van der Waals surface area contributed by atoms with Gasteiger partial charge in [0.2, 0.25) is 5.91 Å². The van der Waals surface area contributed by atoms with Gasteiger partial charge in [0.05, 0.1) is 6.42 Å². The molecular weight excluding hydrogens is 258 g/mol. The number of rotatable bonds is 3. The lowest BCUT2D eigenvalue weighted by Crippen LogP contribution is -2.14. The molecule has 0 saturated heterocycles. The van der Waals surface area contributed by atoms with Crippen molar-refractivity contribution in [2.75, 3.05) is 5.32 Å². The molecule has 0 atom stereocenters. The number of benzene rings is 3. The van der Waals surface area contributed by atoms with Gasteiger partial charge in [-0.15, -0.1) is 0 Å². The topological polar surface area (TPSA) is 29.1 Å². The zero-order valence-electron chi connectivity index (χ0n) is 12.0. The fourth-order valence-corrected chi connectivity index (χ4v) is 2.46. The molecule has 3 aromatic rings. The van der Waals surface area contributed by atoms with E-state index in [0.29, 0.717) is 6.42 Å². The fraction of sp³-hybridized carbons (Fsp3) is 0.105. The average molecular weight is 275 g/mol. The van der Waals surface area contributed by atoms with Crippen molar-refractivity contribution in [3.63, 3.8) is 0 Å². The molecule has 0 heterocycles. The van der Waals surface area contributed by atoms with E-state index >= 15 is 0 Å². The summed E-state index contributed by atoms with van der Waals surface area (Å²) >= 11 is 0. The molecule has 0 aliphatic rings. The minimum Gasteiger partial charge on any atom is -0.326 e. The van der Waals surface area contributed by atoms with E-state index in [-0.39, 0.29) is 5.91 Å². The Morgan fingerprint density at radius 2 is 1.71 bits per heavy atom. The van der Waals surface area contributed by atoms with Crippen LogP contribution in [0.25, 0.3) is 10.8 Å². The van der Waals surface area contributed by atoms with Gasteiger partial charge in [0.1, 0.15) is 0 Å². The number of fused-ring (bicyclic) bond motifs is 1. The summed E-state index contributed by atoms with van der Waals surface area (Å²) in [6.45, 7) is 2.01. The first-order valence-electron chi connectivity index (χ1n) is 7.05. The number of aryl methyl sites for hydroxylation is 1. The highest BCUT2D eigenvalue weighted by Crippen LogP contribution is 2.16. The molecule has 0 bridgehead atoms. The summed E-state index contributed by atoms with van der Waals surface area (Å²) in [5.41, 5.74) is 3.01. The third-order valence-corrected chi connectivity index (χ3v) is 3.48. The van der Waals surface area contributed by atoms with Gasteiger partial charge in [0, 0.05) is 5.69 Å². The highest BCUT2D eigenvalue weighted by Gasteiger charge is 2.05. The van der Waals surface area contributed by atoms with Gasteiger partial charge in [-0.05, 0) is 41.0 Å². The van der Waals surface area contributed by atoms with E-state index in [2.05, 4.69) is 29.6 Å². The minimum atomic E-state index is 0.0101. The number of carbonyl (C=O) groups is 1. The van der Waals surface area contributed by atoms with E-state index in [1.807, 2.05) is 49.4 Å². The molecule has 0 aliphatic heterocycles. The average Bonchev–Trinajstić information content (AvgIpc) is 2.47. The Balaban J connectivity index is 1.74. The quantitative estimate of drug-likeness (QED) is 0.757. The van der Waals surface area contributed by atoms with E-state index in [9.17, 15) is 4.79 Å². The van der Waals surface area contributed by atoms with Crippen LogP contribution in [0.3, 0.4) is 0 Å². The third-order valence-electron chi connectivity index (χ3n) is 3.48. The molecule has 1 amide bonds. The Labute approximate surface area is 124 Å². The summed E-state index contributed by atoms with van der Waals surface area (Å²) in [7, 11) is 0. The van der Waals surface area contributed by atoms with Crippen molar-refractivity contribution < 1.29 is 4.79 Å². The molecule has 3 rings (SSSR count). The predicted molar refractivity (Wildman–Crippen MR) is 87.5 cm³/mol. The summed E-state index contributed by atoms with van der Waals surface area (Å²) in [6.07, 6.45) is 0.388. The van der Waals surface area contributed by atoms with Crippen LogP contribution in [-0.4, -0.2) is 5.91 Å². The van der Waals surface area contributed by atoms with Crippen molar-refractivity contribution in [3.05, 3.63) is 77.9 Å².